The lowest BCUT2D eigenvalue weighted by atomic mass is 10.0. The molecule has 2 unspecified atom stereocenters. The van der Waals surface area contributed by atoms with Crippen molar-refractivity contribution in [2.75, 3.05) is 41.0 Å². The molecule has 0 heterocycles. The summed E-state index contributed by atoms with van der Waals surface area (Å²) in [6.07, 6.45) is 39.3. The zero-order chi connectivity index (χ0) is 39.3. The van der Waals surface area contributed by atoms with E-state index in [1.807, 2.05) is 6.08 Å². The van der Waals surface area contributed by atoms with Gasteiger partial charge in [0.15, 0.2) is 6.10 Å². The zero-order valence-corrected chi connectivity index (χ0v) is 35.2. The number of unbranched alkanes of at least 4 members (excludes halogenated alkanes) is 21. The summed E-state index contributed by atoms with van der Waals surface area (Å²) in [7, 11) is 5.39. The van der Waals surface area contributed by atoms with Crippen LogP contribution in [0.2, 0.25) is 0 Å². The molecule has 0 saturated carbocycles. The Hall–Kier alpha value is -2.19. The van der Waals surface area contributed by atoms with Crippen molar-refractivity contribution >= 4 is 17.9 Å². The van der Waals surface area contributed by atoms with Crippen molar-refractivity contribution in [1.29, 1.82) is 0 Å². The lowest BCUT2D eigenvalue weighted by Gasteiger charge is -2.34. The van der Waals surface area contributed by atoms with Crippen molar-refractivity contribution < 1.29 is 38.2 Å². The van der Waals surface area contributed by atoms with Gasteiger partial charge >= 0.3 is 11.9 Å². The van der Waals surface area contributed by atoms with Crippen LogP contribution >= 0.6 is 0 Å². The van der Waals surface area contributed by atoms with Crippen LogP contribution in [0.4, 0.5) is 0 Å². The standard InChI is InChI=1S/C45H83NO7/c1-6-8-10-12-14-16-18-20-21-22-24-26-28-30-32-34-36-44(48)53-41(39-51-38-37-42(45(49)50)46(3,4)5)40-52-43(47)35-33-31-29-27-25-23-19-17-15-13-11-9-7-2/h23,25,29,31,41-42H,6-22,24,26-28,30,32-40H2,1-5H3/b25-23+,31-29+. The molecule has 0 aliphatic heterocycles. The van der Waals surface area contributed by atoms with E-state index in [1.165, 1.54) is 122 Å². The van der Waals surface area contributed by atoms with Crippen LogP contribution in [0.3, 0.4) is 0 Å². The highest BCUT2D eigenvalue weighted by atomic mass is 16.6. The van der Waals surface area contributed by atoms with E-state index < -0.39 is 18.1 Å². The Morgan fingerprint density at radius 2 is 1.04 bits per heavy atom. The Morgan fingerprint density at radius 1 is 0.566 bits per heavy atom. The quantitative estimate of drug-likeness (QED) is 0.0267. The largest absolute Gasteiger partial charge is 0.544 e. The molecule has 0 N–H and O–H groups in total. The summed E-state index contributed by atoms with van der Waals surface area (Å²) in [5.74, 6) is -1.81. The second-order valence-electron chi connectivity index (χ2n) is 15.9. The number of ether oxygens (including phenoxy) is 3. The number of rotatable bonds is 39. The molecule has 0 aromatic heterocycles. The van der Waals surface area contributed by atoms with E-state index in [4.69, 9.17) is 14.2 Å². The maximum Gasteiger partial charge on any atom is 0.306 e. The number of hydrogen-bond acceptors (Lipinski definition) is 7. The summed E-state index contributed by atoms with van der Waals surface area (Å²) in [5.41, 5.74) is 0. The van der Waals surface area contributed by atoms with Gasteiger partial charge in [-0.1, -0.05) is 167 Å². The summed E-state index contributed by atoms with van der Waals surface area (Å²) < 4.78 is 17.1. The average Bonchev–Trinajstić information content (AvgIpc) is 3.11. The Bertz CT molecular complexity index is 926. The number of aliphatic carboxylic acids is 1. The highest BCUT2D eigenvalue weighted by molar-refractivity contribution is 5.70. The molecule has 0 saturated heterocycles. The highest BCUT2D eigenvalue weighted by Crippen LogP contribution is 2.15. The van der Waals surface area contributed by atoms with Crippen molar-refractivity contribution in [2.45, 2.75) is 206 Å². The molecule has 0 aromatic carbocycles. The first kappa shape index (κ1) is 50.8. The van der Waals surface area contributed by atoms with Gasteiger partial charge in [-0.05, 0) is 32.1 Å². The zero-order valence-electron chi connectivity index (χ0n) is 35.2. The van der Waals surface area contributed by atoms with Crippen LogP contribution < -0.4 is 5.11 Å². The van der Waals surface area contributed by atoms with Crippen LogP contribution in [0.15, 0.2) is 24.3 Å². The molecule has 8 nitrogen and oxygen atoms in total. The van der Waals surface area contributed by atoms with Gasteiger partial charge < -0.3 is 28.6 Å². The van der Waals surface area contributed by atoms with Crippen molar-refractivity contribution in [2.24, 2.45) is 0 Å². The highest BCUT2D eigenvalue weighted by Gasteiger charge is 2.25. The van der Waals surface area contributed by atoms with Gasteiger partial charge in [0.05, 0.1) is 40.3 Å². The van der Waals surface area contributed by atoms with Gasteiger partial charge in [-0.3, -0.25) is 9.59 Å². The molecular weight excluding hydrogens is 666 g/mol. The predicted octanol–water partition coefficient (Wildman–Crippen LogP) is 10.4. The minimum absolute atomic E-state index is 0.0276. The van der Waals surface area contributed by atoms with E-state index in [0.717, 1.165) is 32.1 Å². The van der Waals surface area contributed by atoms with Crippen LogP contribution in [-0.4, -0.2) is 75.5 Å². The fourth-order valence-electron chi connectivity index (χ4n) is 6.42. The molecule has 0 fully saturated rings. The molecule has 0 radical (unpaired) electrons. The minimum atomic E-state index is -1.13. The fraction of sp³-hybridized carbons (Fsp3) is 0.844. The van der Waals surface area contributed by atoms with Crippen molar-refractivity contribution in [3.05, 3.63) is 24.3 Å². The monoisotopic (exact) mass is 750 g/mol. The first-order valence-electron chi connectivity index (χ1n) is 21.9. The summed E-state index contributed by atoms with van der Waals surface area (Å²) in [5, 5.41) is 11.6. The molecule has 0 bridgehead atoms. The first-order valence-corrected chi connectivity index (χ1v) is 21.9. The number of allylic oxidation sites excluding steroid dienone is 4. The number of carbonyl (C=O) groups is 3. The van der Waals surface area contributed by atoms with Crippen LogP contribution in [0.25, 0.3) is 0 Å². The molecule has 0 amide bonds. The number of carboxylic acid groups (broad SMARTS) is 1. The lowest BCUT2D eigenvalue weighted by Crippen LogP contribution is -2.55. The number of nitrogens with zero attached hydrogens (tertiary/aromatic N) is 1. The maximum absolute atomic E-state index is 12.7. The van der Waals surface area contributed by atoms with Crippen LogP contribution in [0, 0.1) is 0 Å². The van der Waals surface area contributed by atoms with Gasteiger partial charge in [-0.25, -0.2) is 0 Å². The Kier molecular flexibility index (Phi) is 35.2. The average molecular weight is 750 g/mol. The van der Waals surface area contributed by atoms with Gasteiger partial charge in [0.2, 0.25) is 0 Å². The molecule has 0 aliphatic carbocycles. The third-order valence-electron chi connectivity index (χ3n) is 9.85. The first-order chi connectivity index (χ1) is 25.6. The van der Waals surface area contributed by atoms with Crippen molar-refractivity contribution in [3.63, 3.8) is 0 Å². The fourth-order valence-corrected chi connectivity index (χ4v) is 6.42. The molecule has 310 valence electrons. The Labute approximate surface area is 326 Å². The molecule has 0 aliphatic rings. The SMILES string of the molecule is CCCCCCCC/C=C/C/C=C/CCC(=O)OCC(COCCC(C(=O)[O-])[N+](C)(C)C)OC(=O)CCCCCCCCCCCCCCCCCC. The van der Waals surface area contributed by atoms with Gasteiger partial charge in [0.25, 0.3) is 0 Å². The molecular formula is C45H83NO7. The summed E-state index contributed by atoms with van der Waals surface area (Å²) in [6.45, 7) is 4.60. The smallest absolute Gasteiger partial charge is 0.306 e. The molecule has 53 heavy (non-hydrogen) atoms. The molecule has 2 atom stereocenters. The van der Waals surface area contributed by atoms with Crippen LogP contribution in [0.1, 0.15) is 194 Å². The lowest BCUT2D eigenvalue weighted by molar-refractivity contribution is -0.889. The van der Waals surface area contributed by atoms with Crippen LogP contribution in [-0.2, 0) is 28.6 Å². The van der Waals surface area contributed by atoms with E-state index in [2.05, 4.69) is 32.1 Å². The minimum Gasteiger partial charge on any atom is -0.544 e. The molecule has 0 rings (SSSR count). The number of quaternary nitrogens is 1. The number of carboxylic acids is 1. The third-order valence-corrected chi connectivity index (χ3v) is 9.85. The van der Waals surface area contributed by atoms with Gasteiger partial charge in [0.1, 0.15) is 12.6 Å². The molecule has 0 spiro atoms. The number of carbonyl (C=O) groups excluding carboxylic acids is 3. The Balaban J connectivity index is 4.39. The van der Waals surface area contributed by atoms with E-state index in [0.29, 0.717) is 12.8 Å². The summed E-state index contributed by atoms with van der Waals surface area (Å²) in [4.78, 5) is 36.7. The number of esters is 2. The number of hydrogen-bond donors (Lipinski definition) is 0. The van der Waals surface area contributed by atoms with Crippen LogP contribution in [0.5, 0.6) is 0 Å². The van der Waals surface area contributed by atoms with E-state index >= 15 is 0 Å². The Morgan fingerprint density at radius 3 is 1.53 bits per heavy atom. The van der Waals surface area contributed by atoms with E-state index in [1.54, 1.807) is 21.1 Å². The molecule has 8 heteroatoms. The van der Waals surface area contributed by atoms with Gasteiger partial charge in [0, 0.05) is 19.3 Å². The van der Waals surface area contributed by atoms with E-state index in [9.17, 15) is 19.5 Å². The van der Waals surface area contributed by atoms with Crippen molar-refractivity contribution in [1.82, 2.24) is 0 Å². The topological polar surface area (TPSA) is 102 Å². The second-order valence-corrected chi connectivity index (χ2v) is 15.9. The predicted molar refractivity (Wildman–Crippen MR) is 217 cm³/mol. The summed E-state index contributed by atoms with van der Waals surface area (Å²) >= 11 is 0. The number of likely N-dealkylation sites (N-methyl/N-ethyl adjacent to an activating group) is 1. The van der Waals surface area contributed by atoms with Gasteiger partial charge in [-0.15, -0.1) is 0 Å². The normalized spacial score (nSPS) is 13.2. The van der Waals surface area contributed by atoms with Gasteiger partial charge in [-0.2, -0.15) is 0 Å². The summed E-state index contributed by atoms with van der Waals surface area (Å²) in [6, 6.07) is -0.729. The maximum atomic E-state index is 12.7. The molecule has 0 aromatic rings. The third kappa shape index (κ3) is 35.3. The second kappa shape index (κ2) is 36.8. The van der Waals surface area contributed by atoms with E-state index in [-0.39, 0.29) is 49.1 Å². The van der Waals surface area contributed by atoms with Crippen molar-refractivity contribution in [3.8, 4) is 0 Å².